The fraction of sp³-hybridized carbons (Fsp3) is 0.391. The van der Waals surface area contributed by atoms with E-state index in [9.17, 15) is 29.8 Å². The number of hydrogen-bond acceptors (Lipinski definition) is 9. The van der Waals surface area contributed by atoms with Crippen LogP contribution in [0.15, 0.2) is 40.6 Å². The molecule has 0 saturated heterocycles. The number of nitrogens with zero attached hydrogens (tertiary/aromatic N) is 6. The van der Waals surface area contributed by atoms with Gasteiger partial charge >= 0.3 is 5.69 Å². The number of nitro benzene ring substituents is 2. The molecule has 0 fully saturated rings. The summed E-state index contributed by atoms with van der Waals surface area (Å²) in [6.07, 6.45) is 1.85. The van der Waals surface area contributed by atoms with E-state index in [0.29, 0.717) is 11.8 Å². The van der Waals surface area contributed by atoms with Crippen LogP contribution in [0.4, 0.5) is 34.1 Å². The van der Waals surface area contributed by atoms with Crippen molar-refractivity contribution in [2.45, 2.75) is 33.6 Å². The van der Waals surface area contributed by atoms with Crippen LogP contribution in [-0.2, 0) is 4.79 Å². The molecule has 1 N–H and O–H groups in total. The summed E-state index contributed by atoms with van der Waals surface area (Å²) in [6, 6.07) is 6.82. The minimum Gasteiger partial charge on any atom is -0.371 e. The van der Waals surface area contributed by atoms with Gasteiger partial charge in [-0.2, -0.15) is 0 Å². The van der Waals surface area contributed by atoms with Gasteiger partial charge in [-0.15, -0.1) is 10.2 Å². The van der Waals surface area contributed by atoms with Gasteiger partial charge in [0.25, 0.3) is 11.6 Å². The van der Waals surface area contributed by atoms with Crippen LogP contribution in [0, 0.1) is 20.2 Å². The predicted molar refractivity (Wildman–Crippen MR) is 135 cm³/mol. The molecule has 0 unspecified atom stereocenters. The summed E-state index contributed by atoms with van der Waals surface area (Å²) in [4.78, 5) is 48.9. The van der Waals surface area contributed by atoms with Crippen molar-refractivity contribution in [1.82, 2.24) is 4.90 Å². The summed E-state index contributed by atoms with van der Waals surface area (Å²) < 4.78 is 0. The molecule has 2 amide bonds. The lowest BCUT2D eigenvalue weighted by Crippen LogP contribution is -2.24. The van der Waals surface area contributed by atoms with Crippen molar-refractivity contribution >= 4 is 45.9 Å². The summed E-state index contributed by atoms with van der Waals surface area (Å²) in [6.45, 7) is 7.08. The van der Waals surface area contributed by atoms with Gasteiger partial charge in [-0.05, 0) is 37.1 Å². The van der Waals surface area contributed by atoms with Gasteiger partial charge in [-0.3, -0.25) is 29.8 Å². The van der Waals surface area contributed by atoms with E-state index in [-0.39, 0.29) is 22.8 Å². The van der Waals surface area contributed by atoms with Crippen LogP contribution in [0.5, 0.6) is 0 Å². The highest BCUT2D eigenvalue weighted by Gasteiger charge is 2.29. The second-order valence-electron chi connectivity index (χ2n) is 8.14. The van der Waals surface area contributed by atoms with Crippen LogP contribution >= 0.6 is 0 Å². The zero-order valence-electron chi connectivity index (χ0n) is 20.8. The van der Waals surface area contributed by atoms with Crippen LogP contribution in [0.3, 0.4) is 0 Å². The van der Waals surface area contributed by atoms with Crippen molar-refractivity contribution in [3.8, 4) is 0 Å². The largest absolute Gasteiger partial charge is 0.371 e. The molecule has 2 rings (SSSR count). The second kappa shape index (κ2) is 12.3. The van der Waals surface area contributed by atoms with Gasteiger partial charge in [0.05, 0.1) is 21.6 Å². The van der Waals surface area contributed by atoms with Crippen molar-refractivity contribution in [2.75, 3.05) is 37.4 Å². The zero-order valence-corrected chi connectivity index (χ0v) is 20.8. The van der Waals surface area contributed by atoms with Gasteiger partial charge in [0.2, 0.25) is 5.91 Å². The number of nitro groups is 2. The van der Waals surface area contributed by atoms with E-state index >= 15 is 0 Å². The van der Waals surface area contributed by atoms with Crippen molar-refractivity contribution in [2.24, 2.45) is 10.2 Å². The van der Waals surface area contributed by atoms with Crippen LogP contribution < -0.4 is 10.2 Å². The zero-order chi connectivity index (χ0) is 27.0. The third-order valence-corrected chi connectivity index (χ3v) is 5.03. The van der Waals surface area contributed by atoms with E-state index in [2.05, 4.69) is 34.3 Å². The third kappa shape index (κ3) is 6.81. The average molecular weight is 500 g/mol. The number of hydrogen-bond donors (Lipinski definition) is 1. The van der Waals surface area contributed by atoms with Gasteiger partial charge in [-0.25, -0.2) is 0 Å². The van der Waals surface area contributed by atoms with Crippen LogP contribution in [0.1, 0.15) is 44.0 Å². The Bertz CT molecular complexity index is 1190. The molecule has 0 aromatic heterocycles. The Kier molecular flexibility index (Phi) is 9.53. The van der Waals surface area contributed by atoms with E-state index in [4.69, 9.17) is 0 Å². The lowest BCUT2D eigenvalue weighted by molar-refractivity contribution is -0.393. The molecule has 0 radical (unpaired) electrons. The Labute approximate surface area is 208 Å². The first-order valence-corrected chi connectivity index (χ1v) is 11.3. The van der Waals surface area contributed by atoms with Crippen LogP contribution in [0.25, 0.3) is 0 Å². The van der Waals surface area contributed by atoms with E-state index in [1.54, 1.807) is 18.2 Å². The molecule has 0 spiro atoms. The molecule has 0 saturated carbocycles. The van der Waals surface area contributed by atoms with Gasteiger partial charge in [0.15, 0.2) is 5.69 Å². The highest BCUT2D eigenvalue weighted by molar-refractivity contribution is 5.99. The van der Waals surface area contributed by atoms with Gasteiger partial charge in [0.1, 0.15) is 11.3 Å². The van der Waals surface area contributed by atoms with Crippen LogP contribution in [-0.4, -0.2) is 53.7 Å². The number of carbonyl (C=O) groups excluding carboxylic acids is 2. The number of azo groups is 1. The quantitative estimate of drug-likeness (QED) is 0.252. The molecule has 0 aliphatic rings. The molecular formula is C23H29N7O6. The molecule has 0 aliphatic carbocycles. The first-order chi connectivity index (χ1) is 17.0. The predicted octanol–water partition coefficient (Wildman–Crippen LogP) is 5.21. The molecule has 2 aromatic rings. The molecule has 2 aromatic carbocycles. The average Bonchev–Trinajstić information content (AvgIpc) is 2.81. The van der Waals surface area contributed by atoms with Crippen molar-refractivity contribution < 1.29 is 19.4 Å². The van der Waals surface area contributed by atoms with Gasteiger partial charge in [-0.1, -0.05) is 13.8 Å². The lowest BCUT2D eigenvalue weighted by atomic mass is 10.1. The Balaban J connectivity index is 2.64. The molecule has 0 atom stereocenters. The summed E-state index contributed by atoms with van der Waals surface area (Å²) in [5, 5.41) is 33.8. The summed E-state index contributed by atoms with van der Waals surface area (Å²) >= 11 is 0. The first-order valence-electron chi connectivity index (χ1n) is 11.3. The maximum absolute atomic E-state index is 12.5. The van der Waals surface area contributed by atoms with Crippen molar-refractivity contribution in [1.29, 1.82) is 0 Å². The van der Waals surface area contributed by atoms with Gasteiger partial charge < -0.3 is 15.1 Å². The third-order valence-electron chi connectivity index (χ3n) is 5.03. The number of rotatable bonds is 11. The Hall–Kier alpha value is -4.42. The summed E-state index contributed by atoms with van der Waals surface area (Å²) in [5.74, 6) is -1.07. The van der Waals surface area contributed by atoms with E-state index in [0.717, 1.165) is 42.6 Å². The number of anilines is 2. The first kappa shape index (κ1) is 27.8. The number of amides is 2. The Morgan fingerprint density at radius 2 is 1.50 bits per heavy atom. The summed E-state index contributed by atoms with van der Waals surface area (Å²) in [7, 11) is 2.80. The number of benzene rings is 2. The number of carbonyl (C=O) groups is 2. The molecular weight excluding hydrogens is 470 g/mol. The van der Waals surface area contributed by atoms with E-state index < -0.39 is 27.1 Å². The highest BCUT2D eigenvalue weighted by Crippen LogP contribution is 2.37. The normalized spacial score (nSPS) is 10.8. The second-order valence-corrected chi connectivity index (χ2v) is 8.14. The topological polar surface area (TPSA) is 164 Å². The molecule has 0 bridgehead atoms. The fourth-order valence-electron chi connectivity index (χ4n) is 3.47. The molecule has 13 nitrogen and oxygen atoms in total. The molecule has 13 heteroatoms. The van der Waals surface area contributed by atoms with E-state index in [1.807, 2.05) is 0 Å². The smallest absolute Gasteiger partial charge is 0.303 e. The van der Waals surface area contributed by atoms with Gasteiger partial charge in [0, 0.05) is 39.8 Å². The molecule has 0 aliphatic heterocycles. The molecule has 36 heavy (non-hydrogen) atoms. The van der Waals surface area contributed by atoms with Crippen molar-refractivity contribution in [3.05, 3.63) is 56.1 Å². The Morgan fingerprint density at radius 3 is 2.00 bits per heavy atom. The Morgan fingerprint density at radius 1 is 0.917 bits per heavy atom. The lowest BCUT2D eigenvalue weighted by Gasteiger charge is -2.24. The maximum Gasteiger partial charge on any atom is 0.303 e. The van der Waals surface area contributed by atoms with Crippen molar-refractivity contribution in [3.63, 3.8) is 0 Å². The number of nitrogens with one attached hydrogen (secondary N) is 1. The highest BCUT2D eigenvalue weighted by atomic mass is 16.6. The standard InChI is InChI=1S/C23H29N7O6/c1-6-10-28(11-7-2)16-8-9-18(19(12-16)24-15(3)31)25-26-20-13-17(23(32)27(4)5)21(29(33)34)14-22(20)30(35)36/h8-9,12-14H,6-7,10-11H2,1-5H3,(H,24,31). The minimum absolute atomic E-state index is 0.218. The summed E-state index contributed by atoms with van der Waals surface area (Å²) in [5.41, 5.74) is -0.680. The SMILES string of the molecule is CCCN(CCC)c1ccc(N=Nc2cc(C(=O)N(C)C)c([N+](=O)[O-])cc2[N+](=O)[O-])c(NC(C)=O)c1. The van der Waals surface area contributed by atoms with Crippen LogP contribution in [0.2, 0.25) is 0 Å². The monoisotopic (exact) mass is 499 g/mol. The van der Waals surface area contributed by atoms with E-state index in [1.165, 1.54) is 21.0 Å². The molecule has 192 valence electrons. The maximum atomic E-state index is 12.5. The molecule has 0 heterocycles. The fourth-order valence-corrected chi connectivity index (χ4v) is 3.47. The minimum atomic E-state index is -0.864.